The SMILES string of the molecule is Cc1cccc(C(=O)N2CCC([C@H](O)c3ccccc3)CC2)c1. The lowest BCUT2D eigenvalue weighted by Gasteiger charge is -2.34. The Morgan fingerprint density at radius 3 is 2.43 bits per heavy atom. The van der Waals surface area contributed by atoms with E-state index in [1.165, 1.54) is 0 Å². The summed E-state index contributed by atoms with van der Waals surface area (Å²) in [6.07, 6.45) is 1.24. The molecule has 1 fully saturated rings. The third-order valence-corrected chi connectivity index (χ3v) is 4.68. The van der Waals surface area contributed by atoms with Gasteiger partial charge in [-0.25, -0.2) is 0 Å². The van der Waals surface area contributed by atoms with Gasteiger partial charge in [-0.1, -0.05) is 48.0 Å². The van der Waals surface area contributed by atoms with E-state index in [2.05, 4.69) is 0 Å². The fourth-order valence-corrected chi connectivity index (χ4v) is 3.30. The van der Waals surface area contributed by atoms with Gasteiger partial charge in [0.1, 0.15) is 0 Å². The average Bonchev–Trinajstić information content (AvgIpc) is 2.61. The van der Waals surface area contributed by atoms with Crippen molar-refractivity contribution in [1.82, 2.24) is 4.90 Å². The minimum Gasteiger partial charge on any atom is -0.388 e. The summed E-state index contributed by atoms with van der Waals surface area (Å²) in [5.74, 6) is 0.320. The highest BCUT2D eigenvalue weighted by Crippen LogP contribution is 2.31. The second kappa shape index (κ2) is 6.97. The Hall–Kier alpha value is -2.13. The smallest absolute Gasteiger partial charge is 0.253 e. The summed E-state index contributed by atoms with van der Waals surface area (Å²) in [4.78, 5) is 14.5. The molecule has 1 amide bonds. The molecule has 0 unspecified atom stereocenters. The van der Waals surface area contributed by atoms with E-state index in [9.17, 15) is 9.90 Å². The van der Waals surface area contributed by atoms with Crippen LogP contribution in [0.1, 0.15) is 40.4 Å². The summed E-state index contributed by atoms with van der Waals surface area (Å²) >= 11 is 0. The van der Waals surface area contributed by atoms with Gasteiger partial charge in [-0.05, 0) is 43.4 Å². The Labute approximate surface area is 137 Å². The third-order valence-electron chi connectivity index (χ3n) is 4.68. The minimum absolute atomic E-state index is 0.0985. The molecule has 3 rings (SSSR count). The molecule has 1 aliphatic rings. The number of benzene rings is 2. The van der Waals surface area contributed by atoms with Crippen LogP contribution in [-0.4, -0.2) is 29.0 Å². The van der Waals surface area contributed by atoms with Crippen molar-refractivity contribution in [2.24, 2.45) is 5.92 Å². The van der Waals surface area contributed by atoms with Crippen molar-refractivity contribution in [2.75, 3.05) is 13.1 Å². The first-order valence-corrected chi connectivity index (χ1v) is 8.24. The van der Waals surface area contributed by atoms with E-state index >= 15 is 0 Å². The number of carbonyl (C=O) groups is 1. The van der Waals surface area contributed by atoms with Crippen LogP contribution >= 0.6 is 0 Å². The monoisotopic (exact) mass is 309 g/mol. The highest BCUT2D eigenvalue weighted by atomic mass is 16.3. The topological polar surface area (TPSA) is 40.5 Å². The van der Waals surface area contributed by atoms with E-state index in [4.69, 9.17) is 0 Å². The van der Waals surface area contributed by atoms with Crippen molar-refractivity contribution in [3.05, 3.63) is 71.3 Å². The Morgan fingerprint density at radius 1 is 1.09 bits per heavy atom. The number of aryl methyl sites for hydroxylation is 1. The molecule has 0 saturated carbocycles. The van der Waals surface area contributed by atoms with E-state index in [0.717, 1.165) is 29.5 Å². The lowest BCUT2D eigenvalue weighted by Crippen LogP contribution is -2.39. The van der Waals surface area contributed by atoms with Gasteiger partial charge >= 0.3 is 0 Å². The molecule has 2 aromatic carbocycles. The molecular weight excluding hydrogens is 286 g/mol. The van der Waals surface area contributed by atoms with E-state index in [1.807, 2.05) is 66.4 Å². The number of hydrogen-bond acceptors (Lipinski definition) is 2. The molecule has 1 N–H and O–H groups in total. The molecule has 3 heteroatoms. The van der Waals surface area contributed by atoms with Gasteiger partial charge in [0, 0.05) is 18.7 Å². The minimum atomic E-state index is -0.438. The highest BCUT2D eigenvalue weighted by molar-refractivity contribution is 5.94. The molecule has 1 saturated heterocycles. The quantitative estimate of drug-likeness (QED) is 0.941. The fraction of sp³-hybridized carbons (Fsp3) is 0.350. The molecule has 0 radical (unpaired) electrons. The maximum Gasteiger partial charge on any atom is 0.253 e. The van der Waals surface area contributed by atoms with E-state index in [1.54, 1.807) is 0 Å². The molecule has 1 heterocycles. The summed E-state index contributed by atoms with van der Waals surface area (Å²) in [5, 5.41) is 10.5. The lowest BCUT2D eigenvalue weighted by atomic mass is 9.87. The van der Waals surface area contributed by atoms with Crippen molar-refractivity contribution in [1.29, 1.82) is 0 Å². The summed E-state index contributed by atoms with van der Waals surface area (Å²) in [7, 11) is 0. The van der Waals surface area contributed by atoms with Crippen molar-refractivity contribution in [2.45, 2.75) is 25.9 Å². The van der Waals surface area contributed by atoms with Crippen LogP contribution in [0.15, 0.2) is 54.6 Å². The highest BCUT2D eigenvalue weighted by Gasteiger charge is 2.28. The summed E-state index contributed by atoms with van der Waals surface area (Å²) < 4.78 is 0. The zero-order chi connectivity index (χ0) is 16.2. The van der Waals surface area contributed by atoms with E-state index in [0.29, 0.717) is 13.1 Å². The van der Waals surface area contributed by atoms with Crippen molar-refractivity contribution in [3.63, 3.8) is 0 Å². The van der Waals surface area contributed by atoms with Crippen molar-refractivity contribution < 1.29 is 9.90 Å². The Bertz CT molecular complexity index is 660. The van der Waals surface area contributed by atoms with Crippen LogP contribution in [0, 0.1) is 12.8 Å². The van der Waals surface area contributed by atoms with Crippen LogP contribution in [-0.2, 0) is 0 Å². The van der Waals surface area contributed by atoms with Gasteiger partial charge in [-0.3, -0.25) is 4.79 Å². The number of rotatable bonds is 3. The van der Waals surface area contributed by atoms with E-state index in [-0.39, 0.29) is 11.8 Å². The maximum atomic E-state index is 12.6. The summed E-state index contributed by atoms with van der Waals surface area (Å²) in [5.41, 5.74) is 2.83. The molecule has 0 aromatic heterocycles. The van der Waals surface area contributed by atoms with Crippen LogP contribution < -0.4 is 0 Å². The number of carbonyl (C=O) groups excluding carboxylic acids is 1. The first-order valence-electron chi connectivity index (χ1n) is 8.24. The predicted molar refractivity (Wildman–Crippen MR) is 91.2 cm³/mol. The number of nitrogens with zero attached hydrogens (tertiary/aromatic N) is 1. The second-order valence-electron chi connectivity index (χ2n) is 6.35. The molecule has 3 nitrogen and oxygen atoms in total. The average molecular weight is 309 g/mol. The largest absolute Gasteiger partial charge is 0.388 e. The van der Waals surface area contributed by atoms with Crippen molar-refractivity contribution >= 4 is 5.91 Å². The van der Waals surface area contributed by atoms with Gasteiger partial charge in [-0.15, -0.1) is 0 Å². The number of likely N-dealkylation sites (tertiary alicyclic amines) is 1. The van der Waals surface area contributed by atoms with Crippen LogP contribution in [0.5, 0.6) is 0 Å². The number of aliphatic hydroxyl groups is 1. The first-order chi connectivity index (χ1) is 11.1. The van der Waals surface area contributed by atoms with Gasteiger partial charge in [-0.2, -0.15) is 0 Å². The number of aliphatic hydroxyl groups excluding tert-OH is 1. The molecule has 1 aliphatic heterocycles. The normalized spacial score (nSPS) is 17.0. The maximum absolute atomic E-state index is 12.6. The Balaban J connectivity index is 1.61. The van der Waals surface area contributed by atoms with Gasteiger partial charge < -0.3 is 10.0 Å². The zero-order valence-corrected chi connectivity index (χ0v) is 13.5. The van der Waals surface area contributed by atoms with Crippen LogP contribution in [0.4, 0.5) is 0 Å². The number of piperidine rings is 1. The van der Waals surface area contributed by atoms with Gasteiger partial charge in [0.2, 0.25) is 0 Å². The fourth-order valence-electron chi connectivity index (χ4n) is 3.30. The number of hydrogen-bond donors (Lipinski definition) is 1. The standard InChI is InChI=1S/C20H23NO2/c1-15-6-5-9-18(14-15)20(23)21-12-10-17(11-13-21)19(22)16-7-3-2-4-8-16/h2-9,14,17,19,22H,10-13H2,1H3/t19-/m1/s1. The molecule has 0 aliphatic carbocycles. The van der Waals surface area contributed by atoms with Crippen molar-refractivity contribution in [3.8, 4) is 0 Å². The molecule has 1 atom stereocenters. The predicted octanol–water partition coefficient (Wildman–Crippen LogP) is 3.58. The second-order valence-corrected chi connectivity index (χ2v) is 6.35. The van der Waals surface area contributed by atoms with Crippen LogP contribution in [0.3, 0.4) is 0 Å². The zero-order valence-electron chi connectivity index (χ0n) is 13.5. The first kappa shape index (κ1) is 15.8. The Morgan fingerprint density at radius 2 is 1.78 bits per heavy atom. The number of amides is 1. The summed E-state index contributed by atoms with van der Waals surface area (Å²) in [6, 6.07) is 17.5. The van der Waals surface area contributed by atoms with Gasteiger partial charge in [0.15, 0.2) is 0 Å². The van der Waals surface area contributed by atoms with Gasteiger partial charge in [0.25, 0.3) is 5.91 Å². The molecule has 2 aromatic rings. The summed E-state index contributed by atoms with van der Waals surface area (Å²) in [6.45, 7) is 3.42. The van der Waals surface area contributed by atoms with E-state index < -0.39 is 6.10 Å². The lowest BCUT2D eigenvalue weighted by molar-refractivity contribution is 0.0462. The van der Waals surface area contributed by atoms with Crippen LogP contribution in [0.25, 0.3) is 0 Å². The Kier molecular flexibility index (Phi) is 4.77. The van der Waals surface area contributed by atoms with Gasteiger partial charge in [0.05, 0.1) is 6.10 Å². The van der Waals surface area contributed by atoms with Crippen LogP contribution in [0.2, 0.25) is 0 Å². The molecule has 0 bridgehead atoms. The molecular formula is C20H23NO2. The molecule has 120 valence electrons. The third kappa shape index (κ3) is 3.62. The molecule has 23 heavy (non-hydrogen) atoms. The molecule has 0 spiro atoms.